The highest BCUT2D eigenvalue weighted by atomic mass is 19.4. The molecule has 4 rings (SSSR count). The second-order valence-corrected chi connectivity index (χ2v) is 8.81. The highest BCUT2D eigenvalue weighted by molar-refractivity contribution is 5.73. The predicted octanol–water partition coefficient (Wildman–Crippen LogP) is 4.22. The zero-order valence-corrected chi connectivity index (χ0v) is 18.4. The normalized spacial score (nSPS) is 21.3. The summed E-state index contributed by atoms with van der Waals surface area (Å²) < 4.78 is 31.7. The molecule has 0 bridgehead atoms. The number of piperidine rings is 1. The lowest BCUT2D eigenvalue weighted by atomic mass is 9.79. The lowest BCUT2D eigenvalue weighted by Crippen LogP contribution is -2.45. The Morgan fingerprint density at radius 2 is 1.72 bits per heavy atom. The minimum atomic E-state index is -5.08. The maximum Gasteiger partial charge on any atom is 0.490 e. The van der Waals surface area contributed by atoms with Gasteiger partial charge >= 0.3 is 12.1 Å². The van der Waals surface area contributed by atoms with Crippen LogP contribution in [0.5, 0.6) is 0 Å². The van der Waals surface area contributed by atoms with Crippen LogP contribution < -0.4 is 4.90 Å². The van der Waals surface area contributed by atoms with Crippen molar-refractivity contribution in [3.63, 3.8) is 0 Å². The van der Waals surface area contributed by atoms with Crippen molar-refractivity contribution < 1.29 is 23.1 Å². The van der Waals surface area contributed by atoms with E-state index in [1.807, 2.05) is 6.92 Å². The molecule has 1 unspecified atom stereocenters. The zero-order chi connectivity index (χ0) is 23.4. The Morgan fingerprint density at radius 3 is 2.31 bits per heavy atom. The van der Waals surface area contributed by atoms with Gasteiger partial charge in [-0.2, -0.15) is 18.3 Å². The van der Waals surface area contributed by atoms with E-state index in [4.69, 9.17) is 9.90 Å². The van der Waals surface area contributed by atoms with Gasteiger partial charge in [-0.25, -0.2) is 4.79 Å². The molecular formula is C23H29F3N4O2. The van der Waals surface area contributed by atoms with E-state index in [1.165, 1.54) is 43.5 Å². The van der Waals surface area contributed by atoms with Gasteiger partial charge in [0.2, 0.25) is 0 Å². The molecule has 1 atom stereocenters. The third-order valence-electron chi connectivity index (χ3n) is 6.06. The largest absolute Gasteiger partial charge is 0.490 e. The van der Waals surface area contributed by atoms with Crippen molar-refractivity contribution in [2.45, 2.75) is 45.8 Å². The standard InChI is InChI=1S/C21H28N4.C2HF3O2/c1-17-4-7-19(8-5-17)14-24-13-11-21(15-24)10-3-12-25(16-21)20-9-6-18(2)22-23-20;3-2(4,5)1(6)7/h4-9H,3,10-16H2,1-2H3;(H,6,7). The van der Waals surface area contributed by atoms with Crippen LogP contribution in [0.2, 0.25) is 0 Å². The van der Waals surface area contributed by atoms with E-state index in [2.05, 4.69) is 63.3 Å². The van der Waals surface area contributed by atoms with Gasteiger partial charge in [0.15, 0.2) is 5.82 Å². The molecule has 2 saturated heterocycles. The first-order valence-corrected chi connectivity index (χ1v) is 10.7. The number of anilines is 1. The fourth-order valence-electron chi connectivity index (χ4n) is 4.41. The van der Waals surface area contributed by atoms with Gasteiger partial charge in [0, 0.05) is 31.6 Å². The van der Waals surface area contributed by atoms with Crippen LogP contribution in [0.15, 0.2) is 36.4 Å². The number of aliphatic carboxylic acids is 1. The summed E-state index contributed by atoms with van der Waals surface area (Å²) in [4.78, 5) is 14.0. The molecular weight excluding hydrogens is 421 g/mol. The van der Waals surface area contributed by atoms with Gasteiger partial charge < -0.3 is 10.0 Å². The molecule has 0 amide bonds. The smallest absolute Gasteiger partial charge is 0.475 e. The van der Waals surface area contributed by atoms with E-state index < -0.39 is 12.1 Å². The molecule has 0 saturated carbocycles. The number of hydrogen-bond donors (Lipinski definition) is 1. The number of carbonyl (C=O) groups is 1. The van der Waals surface area contributed by atoms with Crippen molar-refractivity contribution >= 4 is 11.8 Å². The number of nitrogens with zero attached hydrogens (tertiary/aromatic N) is 4. The zero-order valence-electron chi connectivity index (χ0n) is 18.4. The number of benzene rings is 1. The van der Waals surface area contributed by atoms with Crippen molar-refractivity contribution in [2.24, 2.45) is 5.41 Å². The molecule has 32 heavy (non-hydrogen) atoms. The number of rotatable bonds is 3. The third-order valence-corrected chi connectivity index (χ3v) is 6.06. The highest BCUT2D eigenvalue weighted by Crippen LogP contribution is 2.40. The first-order chi connectivity index (χ1) is 15.1. The number of carboxylic acids is 1. The fourth-order valence-corrected chi connectivity index (χ4v) is 4.41. The number of aryl methyl sites for hydroxylation is 2. The number of aromatic nitrogens is 2. The maximum absolute atomic E-state index is 10.6. The Balaban J connectivity index is 0.000000360. The van der Waals surface area contributed by atoms with Crippen molar-refractivity contribution in [3.8, 4) is 0 Å². The van der Waals surface area contributed by atoms with Gasteiger partial charge in [-0.1, -0.05) is 29.8 Å². The van der Waals surface area contributed by atoms with Crippen LogP contribution in [0.1, 0.15) is 36.1 Å². The van der Waals surface area contributed by atoms with E-state index in [0.29, 0.717) is 5.41 Å². The van der Waals surface area contributed by atoms with E-state index in [0.717, 1.165) is 31.1 Å². The van der Waals surface area contributed by atoms with E-state index >= 15 is 0 Å². The van der Waals surface area contributed by atoms with Crippen molar-refractivity contribution in [1.29, 1.82) is 0 Å². The maximum atomic E-state index is 10.6. The van der Waals surface area contributed by atoms with Gasteiger partial charge in [-0.05, 0) is 57.4 Å². The average Bonchev–Trinajstić information content (AvgIpc) is 3.11. The number of hydrogen-bond acceptors (Lipinski definition) is 5. The second kappa shape index (κ2) is 9.85. The summed E-state index contributed by atoms with van der Waals surface area (Å²) in [7, 11) is 0. The fraction of sp³-hybridized carbons (Fsp3) is 0.522. The van der Waals surface area contributed by atoms with Gasteiger partial charge in [-0.15, -0.1) is 5.10 Å². The summed E-state index contributed by atoms with van der Waals surface area (Å²) in [6.07, 6.45) is -1.18. The summed E-state index contributed by atoms with van der Waals surface area (Å²) in [5, 5.41) is 15.8. The van der Waals surface area contributed by atoms with Gasteiger partial charge in [0.25, 0.3) is 0 Å². The topological polar surface area (TPSA) is 69.6 Å². The Hall–Kier alpha value is -2.68. The van der Waals surface area contributed by atoms with Crippen molar-refractivity contribution in [2.75, 3.05) is 31.1 Å². The molecule has 2 fully saturated rings. The summed E-state index contributed by atoms with van der Waals surface area (Å²) in [5.41, 5.74) is 4.18. The molecule has 1 aromatic carbocycles. The van der Waals surface area contributed by atoms with Crippen LogP contribution >= 0.6 is 0 Å². The number of carboxylic acid groups (broad SMARTS) is 1. The predicted molar refractivity (Wildman–Crippen MR) is 115 cm³/mol. The Kier molecular flexibility index (Phi) is 7.38. The Morgan fingerprint density at radius 1 is 1.03 bits per heavy atom. The van der Waals surface area contributed by atoms with E-state index in [1.54, 1.807) is 0 Å². The van der Waals surface area contributed by atoms with Gasteiger partial charge in [0.1, 0.15) is 0 Å². The summed E-state index contributed by atoms with van der Waals surface area (Å²) in [5.74, 6) is -1.71. The quantitative estimate of drug-likeness (QED) is 0.755. The van der Waals surface area contributed by atoms with Crippen LogP contribution in [0, 0.1) is 19.3 Å². The number of alkyl halides is 3. The van der Waals surface area contributed by atoms with Crippen LogP contribution in [-0.4, -0.2) is 58.5 Å². The van der Waals surface area contributed by atoms with Crippen molar-refractivity contribution in [1.82, 2.24) is 15.1 Å². The molecule has 3 heterocycles. The molecule has 174 valence electrons. The van der Waals surface area contributed by atoms with Crippen LogP contribution in [-0.2, 0) is 11.3 Å². The van der Waals surface area contributed by atoms with Gasteiger partial charge in [-0.3, -0.25) is 4.90 Å². The monoisotopic (exact) mass is 450 g/mol. The molecule has 1 aromatic heterocycles. The van der Waals surface area contributed by atoms with E-state index in [9.17, 15) is 13.2 Å². The Labute approximate surface area is 186 Å². The first kappa shape index (κ1) is 24.0. The van der Waals surface area contributed by atoms with Crippen LogP contribution in [0.25, 0.3) is 0 Å². The third kappa shape index (κ3) is 6.41. The minimum absolute atomic E-state index is 0.426. The lowest BCUT2D eigenvalue weighted by Gasteiger charge is -2.41. The summed E-state index contributed by atoms with van der Waals surface area (Å²) in [6.45, 7) is 9.87. The Bertz CT molecular complexity index is 903. The highest BCUT2D eigenvalue weighted by Gasteiger charge is 2.41. The molecule has 2 aliphatic rings. The lowest BCUT2D eigenvalue weighted by molar-refractivity contribution is -0.192. The van der Waals surface area contributed by atoms with Crippen molar-refractivity contribution in [3.05, 3.63) is 53.2 Å². The summed E-state index contributed by atoms with van der Waals surface area (Å²) >= 11 is 0. The summed E-state index contributed by atoms with van der Waals surface area (Å²) in [6, 6.07) is 13.2. The number of halogens is 3. The minimum Gasteiger partial charge on any atom is -0.475 e. The number of likely N-dealkylation sites (tertiary alicyclic amines) is 1. The molecule has 0 radical (unpaired) electrons. The SMILES string of the molecule is Cc1ccc(CN2CCC3(CCCN(c4ccc(C)nn4)C3)C2)cc1.O=C(O)C(F)(F)F. The van der Waals surface area contributed by atoms with Gasteiger partial charge in [0.05, 0.1) is 5.69 Å². The van der Waals surface area contributed by atoms with E-state index in [-0.39, 0.29) is 0 Å². The molecule has 2 aromatic rings. The average molecular weight is 451 g/mol. The van der Waals surface area contributed by atoms with Crippen LogP contribution in [0.3, 0.4) is 0 Å². The first-order valence-electron chi connectivity index (χ1n) is 10.7. The van der Waals surface area contributed by atoms with Crippen LogP contribution in [0.4, 0.5) is 19.0 Å². The molecule has 1 spiro atoms. The molecule has 1 N–H and O–H groups in total. The molecule has 2 aliphatic heterocycles. The molecule has 6 nitrogen and oxygen atoms in total. The molecule has 0 aliphatic carbocycles. The second-order valence-electron chi connectivity index (χ2n) is 8.81. The molecule has 9 heteroatoms.